The van der Waals surface area contributed by atoms with E-state index in [-0.39, 0.29) is 10.4 Å². The van der Waals surface area contributed by atoms with Crippen LogP contribution in [0.25, 0.3) is 0 Å². The molecule has 1 aromatic rings. The molecule has 2 fully saturated rings. The molecule has 9 heteroatoms. The summed E-state index contributed by atoms with van der Waals surface area (Å²) in [5.74, 6) is -1.10. The van der Waals surface area contributed by atoms with Gasteiger partial charge in [-0.2, -0.15) is 17.5 Å². The van der Waals surface area contributed by atoms with Gasteiger partial charge in [-0.15, -0.1) is 11.6 Å². The molecule has 4 nitrogen and oxygen atoms in total. The molecule has 1 saturated heterocycles. The van der Waals surface area contributed by atoms with E-state index in [2.05, 4.69) is 11.4 Å². The van der Waals surface area contributed by atoms with Gasteiger partial charge in [0.05, 0.1) is 10.3 Å². The average Bonchev–Trinajstić information content (AvgIpc) is 3.40. The minimum absolute atomic E-state index is 0.0889. The Labute approximate surface area is 167 Å². The number of sulfonamides is 1. The lowest BCUT2D eigenvalue weighted by Gasteiger charge is -2.35. The van der Waals surface area contributed by atoms with Crippen molar-refractivity contribution in [3.63, 3.8) is 0 Å². The van der Waals surface area contributed by atoms with Gasteiger partial charge in [-0.3, -0.25) is 0 Å². The van der Waals surface area contributed by atoms with Gasteiger partial charge in [-0.05, 0) is 42.7 Å². The fraction of sp³-hybridized carbons (Fsp3) is 0.474. The summed E-state index contributed by atoms with van der Waals surface area (Å²) < 4.78 is 67.8. The summed E-state index contributed by atoms with van der Waals surface area (Å²) in [4.78, 5) is 0.0889. The lowest BCUT2D eigenvalue weighted by atomic mass is 9.84. The van der Waals surface area contributed by atoms with Crippen LogP contribution in [0.3, 0.4) is 0 Å². The molecule has 2 unspecified atom stereocenters. The molecule has 1 radical (unpaired) electrons. The van der Waals surface area contributed by atoms with Crippen LogP contribution < -0.4 is 5.32 Å². The summed E-state index contributed by atoms with van der Waals surface area (Å²) in [6, 6.07) is 5.60. The lowest BCUT2D eigenvalue weighted by molar-refractivity contribution is -0.0959. The first kappa shape index (κ1) is 19.9. The van der Waals surface area contributed by atoms with Crippen molar-refractivity contribution in [2.24, 2.45) is 0 Å². The Morgan fingerprint density at radius 2 is 1.89 bits per heavy atom. The van der Waals surface area contributed by atoms with Gasteiger partial charge in [-0.1, -0.05) is 18.2 Å². The van der Waals surface area contributed by atoms with Crippen LogP contribution in [0, 0.1) is 6.08 Å². The van der Waals surface area contributed by atoms with Crippen molar-refractivity contribution < 1.29 is 21.6 Å². The molecule has 1 heterocycles. The number of rotatable bonds is 3. The molecular weight excluding hydrogens is 413 g/mol. The van der Waals surface area contributed by atoms with Crippen LogP contribution in [0.4, 0.5) is 13.2 Å². The van der Waals surface area contributed by atoms with E-state index in [0.29, 0.717) is 25.2 Å². The Balaban J connectivity index is 1.64. The first-order valence-electron chi connectivity index (χ1n) is 8.99. The van der Waals surface area contributed by atoms with Gasteiger partial charge < -0.3 is 5.32 Å². The van der Waals surface area contributed by atoms with Crippen LogP contribution in [-0.4, -0.2) is 49.4 Å². The fourth-order valence-corrected chi connectivity index (χ4v) is 6.13. The zero-order valence-corrected chi connectivity index (χ0v) is 16.4. The van der Waals surface area contributed by atoms with Gasteiger partial charge in [0.25, 0.3) is 0 Å². The number of nitrogens with one attached hydrogen (secondary N) is 1. The summed E-state index contributed by atoms with van der Waals surface area (Å²) in [6.07, 6.45) is 1.80. The number of hydrogen-bond donors (Lipinski definition) is 1. The maximum Gasteiger partial charge on any atom is 0.413 e. The molecule has 1 aromatic carbocycles. The molecule has 0 bridgehead atoms. The van der Waals surface area contributed by atoms with Crippen LogP contribution in [0.5, 0.6) is 0 Å². The third-order valence-electron chi connectivity index (χ3n) is 5.60. The Morgan fingerprint density at radius 3 is 2.50 bits per heavy atom. The monoisotopic (exact) mass is 431 g/mol. The minimum Gasteiger partial charge on any atom is -0.314 e. The van der Waals surface area contributed by atoms with Crippen molar-refractivity contribution in [2.75, 3.05) is 19.6 Å². The molecule has 4 rings (SSSR count). The average molecular weight is 432 g/mol. The minimum atomic E-state index is -4.54. The molecule has 1 spiro atoms. The van der Waals surface area contributed by atoms with Gasteiger partial charge in [0.15, 0.2) is 0 Å². The summed E-state index contributed by atoms with van der Waals surface area (Å²) >= 11 is 6.12. The molecule has 0 aromatic heterocycles. The molecule has 2 aliphatic carbocycles. The molecule has 2 atom stereocenters. The van der Waals surface area contributed by atoms with Crippen LogP contribution in [0.1, 0.15) is 24.3 Å². The highest BCUT2D eigenvalue weighted by molar-refractivity contribution is 7.89. The normalized spacial score (nSPS) is 27.6. The van der Waals surface area contributed by atoms with Crippen molar-refractivity contribution in [1.82, 2.24) is 9.62 Å². The molecule has 28 heavy (non-hydrogen) atoms. The second kappa shape index (κ2) is 6.86. The van der Waals surface area contributed by atoms with Crippen LogP contribution >= 0.6 is 11.6 Å². The second-order valence-corrected chi connectivity index (χ2v) is 9.77. The van der Waals surface area contributed by atoms with E-state index >= 15 is 0 Å². The van der Waals surface area contributed by atoms with Crippen molar-refractivity contribution in [3.8, 4) is 0 Å². The molecule has 0 amide bonds. The van der Waals surface area contributed by atoms with Crippen molar-refractivity contribution >= 4 is 21.6 Å². The molecule has 151 valence electrons. The number of allylic oxidation sites excluding steroid dienone is 4. The Kier molecular flexibility index (Phi) is 4.89. The lowest BCUT2D eigenvalue weighted by Crippen LogP contribution is -2.55. The first-order chi connectivity index (χ1) is 13.2. The van der Waals surface area contributed by atoms with E-state index in [0.717, 1.165) is 18.9 Å². The molecular formula is C19H19ClF3N2O2S. The van der Waals surface area contributed by atoms with E-state index in [1.807, 2.05) is 0 Å². The van der Waals surface area contributed by atoms with Crippen LogP contribution in [0.15, 0.2) is 46.9 Å². The topological polar surface area (TPSA) is 49.4 Å². The van der Waals surface area contributed by atoms with Crippen molar-refractivity contribution in [2.45, 2.75) is 40.7 Å². The second-order valence-electron chi connectivity index (χ2n) is 7.40. The Hall–Kier alpha value is -1.35. The van der Waals surface area contributed by atoms with E-state index < -0.39 is 33.1 Å². The van der Waals surface area contributed by atoms with E-state index in [9.17, 15) is 21.6 Å². The third kappa shape index (κ3) is 3.40. The zero-order valence-electron chi connectivity index (χ0n) is 14.8. The summed E-state index contributed by atoms with van der Waals surface area (Å²) in [6.45, 7) is 1.60. The van der Waals surface area contributed by atoms with Crippen molar-refractivity contribution in [1.29, 1.82) is 0 Å². The predicted molar refractivity (Wildman–Crippen MR) is 99.5 cm³/mol. The Bertz CT molecular complexity index is 921. The van der Waals surface area contributed by atoms with Crippen molar-refractivity contribution in [3.05, 3.63) is 53.6 Å². The molecule has 1 saturated carbocycles. The van der Waals surface area contributed by atoms with E-state index in [4.69, 9.17) is 11.6 Å². The van der Waals surface area contributed by atoms with Crippen LogP contribution in [0.2, 0.25) is 0 Å². The molecule has 1 aliphatic heterocycles. The highest BCUT2D eigenvalue weighted by Gasteiger charge is 2.54. The highest BCUT2D eigenvalue weighted by atomic mass is 35.5. The van der Waals surface area contributed by atoms with E-state index in [1.165, 1.54) is 34.6 Å². The number of alkyl halides is 4. The largest absolute Gasteiger partial charge is 0.413 e. The van der Waals surface area contributed by atoms with Gasteiger partial charge >= 0.3 is 6.18 Å². The maximum absolute atomic E-state index is 13.4. The number of nitrogens with zero attached hydrogens (tertiary/aromatic N) is 1. The third-order valence-corrected chi connectivity index (χ3v) is 8.00. The maximum atomic E-state index is 13.4. The van der Waals surface area contributed by atoms with Gasteiger partial charge in [-0.25, -0.2) is 8.42 Å². The van der Waals surface area contributed by atoms with Gasteiger partial charge in [0.1, 0.15) is 0 Å². The standard InChI is InChI=1S/C19H19ClF3N2O2S/c20-16-3-1-2-15(19(21,22)23)17(16)13-4-6-14(7-5-13)28(26,27)25-11-10-24-12-18(25)8-9-18/h2-7,16-17,24H,8-12H2. The molecule has 1 N–H and O–H groups in total. The van der Waals surface area contributed by atoms with Gasteiger partial charge in [0, 0.05) is 36.7 Å². The summed E-state index contributed by atoms with van der Waals surface area (Å²) in [7, 11) is -3.71. The van der Waals surface area contributed by atoms with Crippen LogP contribution in [-0.2, 0) is 10.0 Å². The highest BCUT2D eigenvalue weighted by Crippen LogP contribution is 2.46. The smallest absolute Gasteiger partial charge is 0.314 e. The number of hydrogen-bond acceptors (Lipinski definition) is 3. The zero-order chi connectivity index (χ0) is 20.2. The predicted octanol–water partition coefficient (Wildman–Crippen LogP) is 3.37. The number of benzene rings is 1. The summed E-state index contributed by atoms with van der Waals surface area (Å²) in [5.41, 5.74) is -0.820. The summed E-state index contributed by atoms with van der Waals surface area (Å²) in [5, 5.41) is 2.31. The number of piperazine rings is 1. The van der Waals surface area contributed by atoms with E-state index in [1.54, 1.807) is 0 Å². The first-order valence-corrected chi connectivity index (χ1v) is 10.9. The van der Waals surface area contributed by atoms with Gasteiger partial charge in [0.2, 0.25) is 10.0 Å². The number of halogens is 4. The fourth-order valence-electron chi connectivity index (χ4n) is 3.96. The molecule has 3 aliphatic rings. The Morgan fingerprint density at radius 1 is 1.21 bits per heavy atom. The quantitative estimate of drug-likeness (QED) is 0.746. The SMILES string of the molecule is O=S(=O)(c1ccc(C2C(C(F)(F)F)=C[C]=CC2Cl)cc1)N1CCNCC12CC2.